The van der Waals surface area contributed by atoms with Crippen LogP contribution in [0.5, 0.6) is 0 Å². The molecule has 0 aliphatic heterocycles. The Morgan fingerprint density at radius 2 is 1.26 bits per heavy atom. The van der Waals surface area contributed by atoms with Crippen LogP contribution in [0.4, 0.5) is 0 Å². The normalized spacial score (nSPS) is 15.4. The molecule has 0 saturated heterocycles. The maximum Gasteiger partial charge on any atom is 0.183 e. The summed E-state index contributed by atoms with van der Waals surface area (Å²) in [6, 6.07) is 21.8. The van der Waals surface area contributed by atoms with Crippen molar-refractivity contribution in [2.24, 2.45) is 0 Å². The van der Waals surface area contributed by atoms with Crippen LogP contribution >= 0.6 is 0 Å². The molecule has 2 rings (SSSR count). The topological polar surface area (TPSA) is 29.5 Å². The molecule has 2 atom stereocenters. The summed E-state index contributed by atoms with van der Waals surface area (Å²) in [6.07, 6.45) is 0.269. The van der Waals surface area contributed by atoms with Gasteiger partial charge in [0.2, 0.25) is 0 Å². The van der Waals surface area contributed by atoms with Gasteiger partial charge in [0.05, 0.1) is 6.10 Å². The molecule has 0 heterocycles. The molecule has 2 aromatic rings. The van der Waals surface area contributed by atoms with E-state index in [1.54, 1.807) is 0 Å². The maximum absolute atomic E-state index is 10.4. The molecule has 0 aliphatic carbocycles. The van der Waals surface area contributed by atoms with E-state index in [0.29, 0.717) is 6.42 Å². The van der Waals surface area contributed by atoms with Gasteiger partial charge in [-0.3, -0.25) is 0 Å². The summed E-state index contributed by atoms with van der Waals surface area (Å²) in [7, 11) is -4.22. The Labute approximate surface area is 167 Å². The molecule has 0 aromatic heterocycles. The average molecular weight is 401 g/mol. The van der Waals surface area contributed by atoms with Crippen LogP contribution in [-0.2, 0) is 4.43 Å². The van der Waals surface area contributed by atoms with E-state index in [0.717, 1.165) is 0 Å². The van der Waals surface area contributed by atoms with E-state index < -0.39 is 22.5 Å². The van der Waals surface area contributed by atoms with E-state index in [9.17, 15) is 5.11 Å². The lowest BCUT2D eigenvalue weighted by Gasteiger charge is -2.50. The van der Waals surface area contributed by atoms with E-state index >= 15 is 0 Å². The van der Waals surface area contributed by atoms with E-state index in [4.69, 9.17) is 4.43 Å². The summed E-state index contributed by atoms with van der Waals surface area (Å²) in [4.78, 5) is 0. The number of aliphatic hydroxyl groups is 1. The first-order chi connectivity index (χ1) is 12.5. The number of rotatable bonds is 7. The van der Waals surface area contributed by atoms with Crippen molar-refractivity contribution >= 4 is 26.8 Å². The van der Waals surface area contributed by atoms with Gasteiger partial charge < -0.3 is 9.53 Å². The molecule has 0 spiro atoms. The minimum atomic E-state index is -2.40. The number of hydrogen-bond donors (Lipinski definition) is 1. The summed E-state index contributed by atoms with van der Waals surface area (Å²) in [5.74, 6) is 0. The molecular formula is C23H36O2Si2. The van der Waals surface area contributed by atoms with Crippen LogP contribution < -0.4 is 10.4 Å². The zero-order valence-corrected chi connectivity index (χ0v) is 20.0. The highest BCUT2D eigenvalue weighted by Crippen LogP contribution is 2.41. The number of benzene rings is 2. The highest BCUT2D eigenvalue weighted by Gasteiger charge is 2.54. The van der Waals surface area contributed by atoms with Gasteiger partial charge in [-0.15, -0.1) is 0 Å². The van der Waals surface area contributed by atoms with Crippen molar-refractivity contribution in [2.75, 3.05) is 0 Å². The third-order valence-corrected chi connectivity index (χ3v) is 12.6. The van der Waals surface area contributed by atoms with Gasteiger partial charge in [-0.2, -0.15) is 0 Å². The summed E-state index contributed by atoms with van der Waals surface area (Å²) < 4.78 is 6.89. The van der Waals surface area contributed by atoms with Crippen molar-refractivity contribution in [1.82, 2.24) is 0 Å². The van der Waals surface area contributed by atoms with Crippen LogP contribution in [0.15, 0.2) is 60.7 Å². The maximum atomic E-state index is 10.4. The fraction of sp³-hybridized carbons (Fsp3) is 0.478. The Morgan fingerprint density at radius 1 is 0.852 bits per heavy atom. The third kappa shape index (κ3) is 4.99. The first kappa shape index (κ1) is 22.1. The summed E-state index contributed by atoms with van der Waals surface area (Å²) in [5.41, 5.74) is 0.0222. The highest BCUT2D eigenvalue weighted by atomic mass is 28.4. The van der Waals surface area contributed by atoms with Crippen molar-refractivity contribution in [3.63, 3.8) is 0 Å². The van der Waals surface area contributed by atoms with Gasteiger partial charge in [-0.05, 0) is 38.0 Å². The molecule has 4 heteroatoms. The smallest absolute Gasteiger partial charge is 0.183 e. The van der Waals surface area contributed by atoms with Gasteiger partial charge in [0.1, 0.15) is 0 Å². The predicted octanol–water partition coefficient (Wildman–Crippen LogP) is 4.58. The molecule has 0 fully saturated rings. The second kappa shape index (κ2) is 8.43. The molecule has 0 radical (unpaired) electrons. The lowest BCUT2D eigenvalue weighted by molar-refractivity contribution is 0.133. The van der Waals surface area contributed by atoms with Crippen LogP contribution in [0.2, 0.25) is 24.7 Å². The second-order valence-corrected chi connectivity index (χ2v) is 19.0. The first-order valence-corrected chi connectivity index (χ1v) is 15.4. The van der Waals surface area contributed by atoms with Crippen LogP contribution in [-0.4, -0.2) is 33.3 Å². The largest absolute Gasteiger partial charge is 0.417 e. The molecule has 0 unspecified atom stereocenters. The van der Waals surface area contributed by atoms with Crippen LogP contribution in [0.25, 0.3) is 0 Å². The molecule has 2 nitrogen and oxygen atoms in total. The first-order valence-electron chi connectivity index (χ1n) is 9.95. The highest BCUT2D eigenvalue weighted by molar-refractivity contribution is 7.05. The Kier molecular flexibility index (Phi) is 6.90. The molecule has 0 bridgehead atoms. The molecule has 0 saturated carbocycles. The predicted molar refractivity (Wildman–Crippen MR) is 122 cm³/mol. The average Bonchev–Trinajstić information content (AvgIpc) is 2.54. The van der Waals surface area contributed by atoms with E-state index in [1.807, 2.05) is 6.92 Å². The molecule has 1 N–H and O–H groups in total. The van der Waals surface area contributed by atoms with Crippen LogP contribution in [0, 0.1) is 0 Å². The molecule has 148 valence electrons. The number of hydrogen-bond acceptors (Lipinski definition) is 2. The minimum Gasteiger partial charge on any atom is -0.417 e. The molecule has 2 aromatic carbocycles. The van der Waals surface area contributed by atoms with Gasteiger partial charge in [-0.1, -0.05) is 91.8 Å². The fourth-order valence-corrected chi connectivity index (χ4v) is 13.0. The molecule has 0 aliphatic rings. The Morgan fingerprint density at radius 3 is 1.56 bits per heavy atom. The summed E-state index contributed by atoms with van der Waals surface area (Å²) >= 11 is 0. The van der Waals surface area contributed by atoms with Crippen molar-refractivity contribution < 1.29 is 9.53 Å². The fourth-order valence-electron chi connectivity index (χ4n) is 4.34. The third-order valence-electron chi connectivity index (χ3n) is 5.18. The van der Waals surface area contributed by atoms with E-state index in [1.165, 1.54) is 10.4 Å². The zero-order chi connectivity index (χ0) is 20.3. The van der Waals surface area contributed by atoms with Crippen molar-refractivity contribution in [1.29, 1.82) is 0 Å². The Balaban J connectivity index is 2.84. The van der Waals surface area contributed by atoms with Gasteiger partial charge in [0.15, 0.2) is 16.4 Å². The second-order valence-electron chi connectivity index (χ2n) is 9.59. The van der Waals surface area contributed by atoms with Gasteiger partial charge >= 0.3 is 0 Å². The van der Waals surface area contributed by atoms with Gasteiger partial charge in [0.25, 0.3) is 0 Å². The Hall–Kier alpha value is -1.21. The minimum absolute atomic E-state index is 0.0222. The van der Waals surface area contributed by atoms with E-state index in [2.05, 4.69) is 101 Å². The monoisotopic (exact) mass is 400 g/mol. The Bertz CT molecular complexity index is 661. The van der Waals surface area contributed by atoms with Gasteiger partial charge in [0, 0.05) is 5.73 Å². The quantitative estimate of drug-likeness (QED) is 0.689. The van der Waals surface area contributed by atoms with Gasteiger partial charge in [-0.25, -0.2) is 0 Å². The van der Waals surface area contributed by atoms with Crippen molar-refractivity contribution in [3.05, 3.63) is 60.7 Å². The molecule has 0 amide bonds. The summed E-state index contributed by atoms with van der Waals surface area (Å²) in [6.45, 7) is 15.7. The van der Waals surface area contributed by atoms with Crippen LogP contribution in [0.3, 0.4) is 0 Å². The SMILES string of the molecule is C[C@@H](O)C[C@@H](O[Si](C)(C)C)[Si](c1ccccc1)(c1ccccc1)C(C)(C)C. The lowest BCUT2D eigenvalue weighted by atomic mass is 10.2. The van der Waals surface area contributed by atoms with E-state index in [-0.39, 0.29) is 10.8 Å². The number of aliphatic hydroxyl groups excluding tert-OH is 1. The molecular weight excluding hydrogens is 364 g/mol. The zero-order valence-electron chi connectivity index (χ0n) is 18.0. The lowest BCUT2D eigenvalue weighted by Crippen LogP contribution is -2.73. The molecule has 27 heavy (non-hydrogen) atoms. The standard InChI is InChI=1S/C23H36O2Si2/c1-19(24)18-22(25-26(5,6)7)27(23(2,3)4,20-14-10-8-11-15-20)21-16-12-9-13-17-21/h8-17,19,22,24H,18H2,1-7H3/t19-,22+/m1/s1. The van der Waals surface area contributed by atoms with Crippen LogP contribution in [0.1, 0.15) is 34.1 Å². The summed E-state index contributed by atoms with van der Waals surface area (Å²) in [5, 5.41) is 13.2. The van der Waals surface area contributed by atoms with Crippen molar-refractivity contribution in [3.8, 4) is 0 Å². The van der Waals surface area contributed by atoms with Crippen molar-refractivity contribution in [2.45, 2.75) is 70.6 Å².